The zero-order valence-corrected chi connectivity index (χ0v) is 15.2. The molecule has 1 atom stereocenters. The molecule has 1 aromatic carbocycles. The van der Waals surface area contributed by atoms with Gasteiger partial charge < -0.3 is 10.6 Å². The third-order valence-electron chi connectivity index (χ3n) is 3.67. The van der Waals surface area contributed by atoms with Crippen LogP contribution in [0, 0.1) is 5.92 Å². The number of hydrogen-bond acceptors (Lipinski definition) is 4. The van der Waals surface area contributed by atoms with E-state index in [1.165, 1.54) is 18.2 Å². The van der Waals surface area contributed by atoms with Gasteiger partial charge in [0.1, 0.15) is 0 Å². The molecule has 0 aromatic heterocycles. The second-order valence-corrected chi connectivity index (χ2v) is 6.84. The molecule has 0 saturated carbocycles. The predicted molar refractivity (Wildman–Crippen MR) is 99.0 cm³/mol. The Labute approximate surface area is 152 Å². The van der Waals surface area contributed by atoms with Crippen LogP contribution in [-0.4, -0.2) is 42.8 Å². The Balaban J connectivity index is 0.00000264. The van der Waals surface area contributed by atoms with E-state index in [1.807, 2.05) is 0 Å². The van der Waals surface area contributed by atoms with Crippen molar-refractivity contribution in [1.82, 2.24) is 10.6 Å². The molecule has 7 heteroatoms. The van der Waals surface area contributed by atoms with Crippen LogP contribution in [0.4, 0.5) is 0 Å². The summed E-state index contributed by atoms with van der Waals surface area (Å²) < 4.78 is 0. The molecule has 1 unspecified atom stereocenters. The van der Waals surface area contributed by atoms with E-state index in [9.17, 15) is 9.59 Å². The number of hydrogen-bond donors (Lipinski definition) is 2. The summed E-state index contributed by atoms with van der Waals surface area (Å²) in [6.45, 7) is 2.86. The van der Waals surface area contributed by atoms with Crippen molar-refractivity contribution in [3.8, 4) is 0 Å². The molecule has 1 aliphatic rings. The Bertz CT molecular complexity index is 505. The van der Waals surface area contributed by atoms with Gasteiger partial charge in [-0.25, -0.2) is 0 Å². The topological polar surface area (TPSA) is 58.2 Å². The van der Waals surface area contributed by atoms with Crippen molar-refractivity contribution in [2.75, 3.05) is 31.1 Å². The van der Waals surface area contributed by atoms with Crippen molar-refractivity contribution in [1.29, 1.82) is 0 Å². The lowest BCUT2D eigenvalue weighted by Crippen LogP contribution is -2.28. The first-order valence-electron chi connectivity index (χ1n) is 7.49. The maximum absolute atomic E-state index is 11.9. The monoisotopic (exact) mass is 376 g/mol. The third kappa shape index (κ3) is 7.57. The molecule has 128 valence electrons. The van der Waals surface area contributed by atoms with Crippen LogP contribution in [0.5, 0.6) is 0 Å². The Morgan fingerprint density at radius 1 is 1.26 bits per heavy atom. The number of benzene rings is 1. The molecule has 2 N–H and O–H groups in total. The molecule has 1 amide bonds. The number of carbonyl (C=O) groups excluding carboxylic acids is 2. The Hall–Kier alpha value is -0.750. The highest BCUT2D eigenvalue weighted by Crippen LogP contribution is 2.13. The lowest BCUT2D eigenvalue weighted by molar-refractivity contribution is -0.118. The van der Waals surface area contributed by atoms with Gasteiger partial charge in [0.2, 0.25) is 5.91 Å². The molecule has 4 nitrogen and oxygen atoms in total. The summed E-state index contributed by atoms with van der Waals surface area (Å²) in [6, 6.07) is 6.82. The van der Waals surface area contributed by atoms with Gasteiger partial charge in [0.25, 0.3) is 0 Å². The fourth-order valence-corrected chi connectivity index (χ4v) is 3.25. The summed E-state index contributed by atoms with van der Waals surface area (Å²) in [6.07, 6.45) is 2.22. The highest BCUT2D eigenvalue weighted by molar-refractivity contribution is 8.00. The van der Waals surface area contributed by atoms with Crippen LogP contribution < -0.4 is 10.6 Å². The van der Waals surface area contributed by atoms with E-state index < -0.39 is 0 Å². The fourth-order valence-electron chi connectivity index (χ4n) is 2.38. The summed E-state index contributed by atoms with van der Waals surface area (Å²) >= 11 is 7.13. The summed E-state index contributed by atoms with van der Waals surface area (Å²) in [7, 11) is 0. The van der Waals surface area contributed by atoms with Crippen LogP contribution in [0.1, 0.15) is 23.2 Å². The molecular formula is C16H22Cl2N2O2S. The summed E-state index contributed by atoms with van der Waals surface area (Å²) in [5.74, 6) is 1.33. The Morgan fingerprint density at radius 2 is 2.00 bits per heavy atom. The molecular weight excluding hydrogens is 355 g/mol. The number of Topliss-reactive ketones (excluding diaryl/α,β-unsaturated/α-hetero) is 1. The van der Waals surface area contributed by atoms with Crippen LogP contribution in [-0.2, 0) is 4.79 Å². The van der Waals surface area contributed by atoms with E-state index in [1.54, 1.807) is 24.3 Å². The minimum atomic E-state index is -0.000128. The molecule has 0 aliphatic carbocycles. The molecule has 1 heterocycles. The first-order chi connectivity index (χ1) is 10.6. The minimum Gasteiger partial charge on any atom is -0.355 e. The number of carbonyl (C=O) groups is 2. The molecule has 1 aromatic rings. The SMILES string of the molecule is Cl.O=C(CSCC(=O)c1ccc(Cl)cc1)NCCC1CCNC1. The van der Waals surface area contributed by atoms with Crippen molar-refractivity contribution < 1.29 is 9.59 Å². The maximum Gasteiger partial charge on any atom is 0.230 e. The van der Waals surface area contributed by atoms with E-state index in [4.69, 9.17) is 11.6 Å². The maximum atomic E-state index is 11.9. The van der Waals surface area contributed by atoms with Crippen molar-refractivity contribution in [2.24, 2.45) is 5.92 Å². The number of halogens is 2. The molecule has 0 bridgehead atoms. The van der Waals surface area contributed by atoms with E-state index in [0.717, 1.165) is 26.1 Å². The molecule has 1 fully saturated rings. The largest absolute Gasteiger partial charge is 0.355 e. The third-order valence-corrected chi connectivity index (χ3v) is 4.85. The van der Waals surface area contributed by atoms with Crippen molar-refractivity contribution >= 4 is 47.5 Å². The number of thioether (sulfide) groups is 1. The van der Waals surface area contributed by atoms with Gasteiger partial charge >= 0.3 is 0 Å². The number of ketones is 1. The van der Waals surface area contributed by atoms with Gasteiger partial charge in [-0.3, -0.25) is 9.59 Å². The van der Waals surface area contributed by atoms with Crippen LogP contribution in [0.2, 0.25) is 5.02 Å². The van der Waals surface area contributed by atoms with Crippen LogP contribution in [0.25, 0.3) is 0 Å². The highest BCUT2D eigenvalue weighted by Gasteiger charge is 2.14. The quantitative estimate of drug-likeness (QED) is 0.684. The van der Waals surface area contributed by atoms with Crippen LogP contribution >= 0.6 is 35.8 Å². The van der Waals surface area contributed by atoms with Crippen molar-refractivity contribution in [3.63, 3.8) is 0 Å². The lowest BCUT2D eigenvalue weighted by atomic mass is 10.1. The fraction of sp³-hybridized carbons (Fsp3) is 0.500. The number of amides is 1. The zero-order chi connectivity index (χ0) is 15.8. The van der Waals surface area contributed by atoms with Gasteiger partial charge in [-0.15, -0.1) is 24.2 Å². The van der Waals surface area contributed by atoms with Gasteiger partial charge in [0.15, 0.2) is 5.78 Å². The zero-order valence-electron chi connectivity index (χ0n) is 12.8. The predicted octanol–water partition coefficient (Wildman–Crippen LogP) is 2.79. The number of rotatable bonds is 8. The van der Waals surface area contributed by atoms with E-state index >= 15 is 0 Å². The smallest absolute Gasteiger partial charge is 0.230 e. The van der Waals surface area contributed by atoms with Gasteiger partial charge in [-0.2, -0.15) is 0 Å². The van der Waals surface area contributed by atoms with Crippen LogP contribution in [0.3, 0.4) is 0 Å². The summed E-state index contributed by atoms with van der Waals surface area (Å²) in [4.78, 5) is 23.6. The van der Waals surface area contributed by atoms with Gasteiger partial charge in [0.05, 0.1) is 11.5 Å². The van der Waals surface area contributed by atoms with E-state index in [2.05, 4.69) is 10.6 Å². The second kappa shape index (κ2) is 10.9. The number of nitrogens with one attached hydrogen (secondary N) is 2. The first kappa shape index (κ1) is 20.3. The highest BCUT2D eigenvalue weighted by atomic mass is 35.5. The van der Waals surface area contributed by atoms with Gasteiger partial charge in [-0.1, -0.05) is 11.6 Å². The minimum absolute atomic E-state index is 0. The van der Waals surface area contributed by atoms with Crippen LogP contribution in [0.15, 0.2) is 24.3 Å². The standard InChI is InChI=1S/C16H21ClN2O2S.ClH/c17-14-3-1-13(2-4-14)15(20)10-22-11-16(21)19-8-6-12-5-7-18-9-12;/h1-4,12,18H,5-11H2,(H,19,21);1H. The lowest BCUT2D eigenvalue weighted by Gasteiger charge is -2.09. The normalized spacial score (nSPS) is 16.7. The first-order valence-corrected chi connectivity index (χ1v) is 9.02. The molecule has 0 spiro atoms. The Morgan fingerprint density at radius 3 is 2.65 bits per heavy atom. The molecule has 2 rings (SSSR count). The summed E-state index contributed by atoms with van der Waals surface area (Å²) in [5, 5.41) is 6.84. The van der Waals surface area contributed by atoms with Gasteiger partial charge in [0, 0.05) is 17.1 Å². The average Bonchev–Trinajstić information content (AvgIpc) is 3.01. The molecule has 0 radical (unpaired) electrons. The van der Waals surface area contributed by atoms with E-state index in [0.29, 0.717) is 28.0 Å². The van der Waals surface area contributed by atoms with Crippen molar-refractivity contribution in [2.45, 2.75) is 12.8 Å². The molecule has 1 saturated heterocycles. The average molecular weight is 377 g/mol. The second-order valence-electron chi connectivity index (χ2n) is 5.42. The molecule has 23 heavy (non-hydrogen) atoms. The van der Waals surface area contributed by atoms with E-state index in [-0.39, 0.29) is 24.1 Å². The Kier molecular flexibility index (Phi) is 9.63. The molecule has 1 aliphatic heterocycles. The van der Waals surface area contributed by atoms with Crippen molar-refractivity contribution in [3.05, 3.63) is 34.9 Å². The summed E-state index contributed by atoms with van der Waals surface area (Å²) in [5.41, 5.74) is 0.631. The van der Waals surface area contributed by atoms with Gasteiger partial charge in [-0.05, 0) is 56.1 Å².